The van der Waals surface area contributed by atoms with Gasteiger partial charge in [-0.1, -0.05) is 19.8 Å². The van der Waals surface area contributed by atoms with Crippen LogP contribution in [0.25, 0.3) is 0 Å². The van der Waals surface area contributed by atoms with Gasteiger partial charge in [0.05, 0.1) is 16.6 Å². The summed E-state index contributed by atoms with van der Waals surface area (Å²) in [7, 11) is 0. The summed E-state index contributed by atoms with van der Waals surface area (Å²) in [6.07, 6.45) is 8.02. The van der Waals surface area contributed by atoms with Crippen LogP contribution in [0.1, 0.15) is 49.7 Å². The first-order valence-corrected chi connectivity index (χ1v) is 8.94. The van der Waals surface area contributed by atoms with Gasteiger partial charge in [-0.15, -0.1) is 22.9 Å². The van der Waals surface area contributed by atoms with Crippen molar-refractivity contribution in [2.75, 3.05) is 19.6 Å². The van der Waals surface area contributed by atoms with E-state index in [1.165, 1.54) is 50.2 Å². The number of rotatable bonds is 6. The van der Waals surface area contributed by atoms with E-state index in [1.54, 1.807) is 11.3 Å². The summed E-state index contributed by atoms with van der Waals surface area (Å²) >= 11 is 7.54. The first kappa shape index (κ1) is 15.3. The Bertz CT molecular complexity index is 367. The summed E-state index contributed by atoms with van der Waals surface area (Å²) in [5, 5.41) is 3.33. The molecular weight excluding hydrogens is 276 g/mol. The smallest absolute Gasteiger partial charge is 0.0941 e. The molecule has 2 nitrogen and oxygen atoms in total. The van der Waals surface area contributed by atoms with Crippen LogP contribution in [0.5, 0.6) is 0 Å². The van der Waals surface area contributed by atoms with Crippen LogP contribution >= 0.6 is 22.9 Å². The Hall–Kier alpha value is -0.120. The third-order valence-corrected chi connectivity index (χ3v) is 5.25. The number of hydrogen-bond acceptors (Lipinski definition) is 3. The van der Waals surface area contributed by atoms with Gasteiger partial charge >= 0.3 is 0 Å². The minimum atomic E-state index is 0.541. The maximum atomic E-state index is 5.79. The molecule has 1 aromatic rings. The number of likely N-dealkylation sites (tertiary alicyclic amines) is 1. The van der Waals surface area contributed by atoms with Crippen LogP contribution in [-0.2, 0) is 12.3 Å². The highest BCUT2D eigenvalue weighted by atomic mass is 35.5. The number of nitrogens with zero attached hydrogens (tertiary/aromatic N) is 2. The molecule has 0 N–H and O–H groups in total. The molecule has 0 radical (unpaired) electrons. The SMILES string of the molecule is CCCC1CCCN(CCc2nc(CCl)cs2)CC1. The minimum Gasteiger partial charge on any atom is -0.303 e. The molecule has 1 atom stereocenters. The van der Waals surface area contributed by atoms with Crippen molar-refractivity contribution < 1.29 is 0 Å². The molecule has 0 amide bonds. The summed E-state index contributed by atoms with van der Waals surface area (Å²) in [6.45, 7) is 6.01. The predicted octanol–water partition coefficient (Wildman–Crippen LogP) is 4.33. The molecule has 108 valence electrons. The summed E-state index contributed by atoms with van der Waals surface area (Å²) < 4.78 is 0. The Morgan fingerprint density at radius 1 is 1.42 bits per heavy atom. The third kappa shape index (κ3) is 5.05. The lowest BCUT2D eigenvalue weighted by Crippen LogP contribution is -2.27. The van der Waals surface area contributed by atoms with Crippen molar-refractivity contribution in [2.45, 2.75) is 51.3 Å². The van der Waals surface area contributed by atoms with E-state index < -0.39 is 0 Å². The number of halogens is 1. The third-order valence-electron chi connectivity index (χ3n) is 4.02. The number of hydrogen-bond donors (Lipinski definition) is 0. The molecule has 1 aliphatic rings. The number of aromatic nitrogens is 1. The number of alkyl halides is 1. The van der Waals surface area contributed by atoms with E-state index in [2.05, 4.69) is 22.2 Å². The lowest BCUT2D eigenvalue weighted by molar-refractivity contribution is 0.282. The maximum Gasteiger partial charge on any atom is 0.0941 e. The fourth-order valence-corrected chi connectivity index (χ4v) is 3.94. The van der Waals surface area contributed by atoms with Gasteiger partial charge < -0.3 is 4.90 Å². The number of thiazole rings is 1. The molecule has 0 aromatic carbocycles. The van der Waals surface area contributed by atoms with Crippen LogP contribution in [0.4, 0.5) is 0 Å². The summed E-state index contributed by atoms with van der Waals surface area (Å²) in [5.41, 5.74) is 1.03. The van der Waals surface area contributed by atoms with Gasteiger partial charge in [0.25, 0.3) is 0 Å². The molecule has 1 aliphatic heterocycles. The molecule has 0 spiro atoms. The summed E-state index contributed by atoms with van der Waals surface area (Å²) in [4.78, 5) is 7.16. The Morgan fingerprint density at radius 2 is 2.32 bits per heavy atom. The molecule has 2 heterocycles. The first-order chi connectivity index (χ1) is 9.31. The standard InChI is InChI=1S/C15H25ClN2S/c1-2-4-13-5-3-8-18(9-6-13)10-7-15-17-14(11-16)12-19-15/h12-13H,2-11H2,1H3. The van der Waals surface area contributed by atoms with Crippen LogP contribution in [0, 0.1) is 5.92 Å². The second kappa shape index (κ2) is 8.23. The van der Waals surface area contributed by atoms with Crippen molar-refractivity contribution in [3.05, 3.63) is 16.1 Å². The van der Waals surface area contributed by atoms with Crippen LogP contribution in [-0.4, -0.2) is 29.5 Å². The average Bonchev–Trinajstić information content (AvgIpc) is 2.77. The van der Waals surface area contributed by atoms with Gasteiger partial charge in [0, 0.05) is 18.3 Å². The van der Waals surface area contributed by atoms with Gasteiger partial charge in [-0.05, 0) is 38.3 Å². The zero-order chi connectivity index (χ0) is 13.5. The molecule has 19 heavy (non-hydrogen) atoms. The minimum absolute atomic E-state index is 0.541. The van der Waals surface area contributed by atoms with Crippen molar-refractivity contribution in [2.24, 2.45) is 5.92 Å². The van der Waals surface area contributed by atoms with E-state index in [9.17, 15) is 0 Å². The van der Waals surface area contributed by atoms with E-state index >= 15 is 0 Å². The molecule has 1 saturated heterocycles. The predicted molar refractivity (Wildman–Crippen MR) is 84.1 cm³/mol. The van der Waals surface area contributed by atoms with Crippen LogP contribution in [0.2, 0.25) is 0 Å². The fraction of sp³-hybridized carbons (Fsp3) is 0.800. The monoisotopic (exact) mass is 300 g/mol. The molecule has 1 fully saturated rings. The van der Waals surface area contributed by atoms with Gasteiger partial charge in [-0.25, -0.2) is 4.98 Å². The molecular formula is C15H25ClN2S. The molecule has 0 saturated carbocycles. The second-order valence-electron chi connectivity index (χ2n) is 5.54. The van der Waals surface area contributed by atoms with E-state index in [4.69, 9.17) is 11.6 Å². The molecule has 2 rings (SSSR count). The second-order valence-corrected chi connectivity index (χ2v) is 6.75. The van der Waals surface area contributed by atoms with Crippen molar-refractivity contribution in [1.82, 2.24) is 9.88 Å². The summed E-state index contributed by atoms with van der Waals surface area (Å²) in [6, 6.07) is 0. The quantitative estimate of drug-likeness (QED) is 0.727. The van der Waals surface area contributed by atoms with Crippen molar-refractivity contribution in [3.63, 3.8) is 0 Å². The summed E-state index contributed by atoms with van der Waals surface area (Å²) in [5.74, 6) is 1.51. The van der Waals surface area contributed by atoms with Gasteiger partial charge in [0.1, 0.15) is 0 Å². The van der Waals surface area contributed by atoms with Crippen molar-refractivity contribution in [1.29, 1.82) is 0 Å². The van der Waals surface area contributed by atoms with E-state index in [-0.39, 0.29) is 0 Å². The van der Waals surface area contributed by atoms with Gasteiger partial charge in [-0.3, -0.25) is 0 Å². The van der Waals surface area contributed by atoms with Gasteiger partial charge in [-0.2, -0.15) is 0 Å². The zero-order valence-electron chi connectivity index (χ0n) is 11.9. The van der Waals surface area contributed by atoms with E-state index in [1.807, 2.05) is 0 Å². The molecule has 4 heteroatoms. The Balaban J connectivity index is 1.73. The lowest BCUT2D eigenvalue weighted by atomic mass is 9.96. The van der Waals surface area contributed by atoms with Crippen LogP contribution < -0.4 is 0 Å². The molecule has 0 aliphatic carbocycles. The van der Waals surface area contributed by atoms with Crippen molar-refractivity contribution in [3.8, 4) is 0 Å². The Labute approximate surface area is 126 Å². The van der Waals surface area contributed by atoms with Crippen LogP contribution in [0.15, 0.2) is 5.38 Å². The topological polar surface area (TPSA) is 16.1 Å². The lowest BCUT2D eigenvalue weighted by Gasteiger charge is -2.19. The highest BCUT2D eigenvalue weighted by Gasteiger charge is 2.16. The van der Waals surface area contributed by atoms with E-state index in [0.29, 0.717) is 5.88 Å². The highest BCUT2D eigenvalue weighted by molar-refractivity contribution is 7.09. The van der Waals surface area contributed by atoms with Crippen LogP contribution in [0.3, 0.4) is 0 Å². The first-order valence-electron chi connectivity index (χ1n) is 7.53. The van der Waals surface area contributed by atoms with Crippen molar-refractivity contribution >= 4 is 22.9 Å². The normalized spacial score (nSPS) is 21.5. The molecule has 1 aromatic heterocycles. The maximum absolute atomic E-state index is 5.79. The molecule has 0 bridgehead atoms. The fourth-order valence-electron chi connectivity index (χ4n) is 2.92. The highest BCUT2D eigenvalue weighted by Crippen LogP contribution is 2.22. The van der Waals surface area contributed by atoms with Gasteiger partial charge in [0.15, 0.2) is 0 Å². The Kier molecular flexibility index (Phi) is 6.62. The average molecular weight is 301 g/mol. The molecule has 1 unspecified atom stereocenters. The Morgan fingerprint density at radius 3 is 3.05 bits per heavy atom. The van der Waals surface area contributed by atoms with Gasteiger partial charge in [0.2, 0.25) is 0 Å². The zero-order valence-corrected chi connectivity index (χ0v) is 13.5. The largest absolute Gasteiger partial charge is 0.303 e. The van der Waals surface area contributed by atoms with E-state index in [0.717, 1.165) is 24.6 Å².